The van der Waals surface area contributed by atoms with E-state index in [1.54, 1.807) is 26.2 Å². The van der Waals surface area contributed by atoms with Gasteiger partial charge in [-0.1, -0.05) is 44.2 Å². The molecular formula is C56H67FN10O9S. The van der Waals surface area contributed by atoms with Crippen molar-refractivity contribution in [3.05, 3.63) is 124 Å². The maximum Gasteiger partial charge on any atom is 0.312 e. The van der Waals surface area contributed by atoms with Crippen LogP contribution >= 0.6 is 0 Å². The lowest BCUT2D eigenvalue weighted by atomic mass is 9.59. The first kappa shape index (κ1) is 53.5. The van der Waals surface area contributed by atoms with E-state index < -0.39 is 42.9 Å². The standard InChI is InChI=1S/C56H67FN10O9S/c1-35(2)41-8-6-7-9-42(41)47-34-64(33-37-10-13-50(74-4)58-30-37)22-23-66(47)39-27-56(28-39)18-20-65(21-19-56)38-11-12-43(48(24-38)76-49-26-44-45(57)32-61-51(44)62-54(49)75-5)53(68)63-77(72,73)40-25-46(67(70)71)52(60-31-40)59-29-36-14-16-55(3,69)17-15-36/h6-13,24-26,30-32,35-36,39,47,69H,14-23,27-29,33-34H2,1-5H3,(H,59,60)(H,61,62)(H,63,68)/t36?,47-,55?/m0/s1. The number of methoxy groups -OCH3 is 2. The van der Waals surface area contributed by atoms with Crippen LogP contribution in [0.4, 0.5) is 21.6 Å². The minimum Gasteiger partial charge on any atom is -0.481 e. The molecule has 1 atom stereocenters. The molecule has 10 rings (SSSR count). The zero-order valence-electron chi connectivity index (χ0n) is 44.1. The summed E-state index contributed by atoms with van der Waals surface area (Å²) in [6.45, 7) is 11.7. The lowest BCUT2D eigenvalue weighted by Crippen LogP contribution is -2.60. The number of anilines is 2. The Kier molecular flexibility index (Phi) is 15.2. The monoisotopic (exact) mass is 1070 g/mol. The van der Waals surface area contributed by atoms with Crippen molar-refractivity contribution in [2.75, 3.05) is 63.7 Å². The number of hydrogen-bond acceptors (Lipinski definition) is 16. The second kappa shape index (κ2) is 21.8. The van der Waals surface area contributed by atoms with Crippen molar-refractivity contribution >= 4 is 44.2 Å². The molecule has 4 fully saturated rings. The van der Waals surface area contributed by atoms with Crippen LogP contribution < -0.4 is 29.1 Å². The fourth-order valence-corrected chi connectivity index (χ4v) is 12.8. The molecule has 21 heteroatoms. The van der Waals surface area contributed by atoms with Crippen LogP contribution in [0, 0.1) is 27.3 Å². The Morgan fingerprint density at radius 3 is 2.43 bits per heavy atom. The molecule has 6 aromatic rings. The maximum atomic E-state index is 14.9. The number of nitro groups is 1. The quantitative estimate of drug-likeness (QED) is 0.0493. The van der Waals surface area contributed by atoms with E-state index >= 15 is 0 Å². The number of carbonyl (C=O) groups is 1. The summed E-state index contributed by atoms with van der Waals surface area (Å²) in [6, 6.07) is 20.6. The Bertz CT molecular complexity index is 3240. The third kappa shape index (κ3) is 11.5. The SMILES string of the molecule is COc1ccc(CN2CCN(C3CC4(CCN(c5ccc(C(=O)NS(=O)(=O)c6cnc(NCC7CCC(C)(O)CC7)c([N+](=O)[O-])c6)c(Oc6cc7c(F)c[nH]c7nc6OC)c5)CC4)C3)[C@H](c3ccccc3C(C)C)C2)cn1. The van der Waals surface area contributed by atoms with Crippen molar-refractivity contribution < 1.29 is 41.8 Å². The first-order valence-corrected chi connectivity index (χ1v) is 27.9. The highest BCUT2D eigenvalue weighted by molar-refractivity contribution is 7.90. The van der Waals surface area contributed by atoms with Gasteiger partial charge in [0.1, 0.15) is 22.1 Å². The number of sulfonamides is 1. The largest absolute Gasteiger partial charge is 0.481 e. The molecule has 4 N–H and O–H groups in total. The molecule has 0 radical (unpaired) electrons. The molecular weight excluding hydrogens is 1010 g/mol. The molecule has 77 heavy (non-hydrogen) atoms. The second-order valence-corrected chi connectivity index (χ2v) is 23.6. The molecule has 408 valence electrons. The first-order valence-electron chi connectivity index (χ1n) is 26.4. The number of aromatic nitrogens is 4. The number of piperidine rings is 1. The first-order chi connectivity index (χ1) is 36.9. The van der Waals surface area contributed by atoms with E-state index in [1.807, 2.05) is 12.3 Å². The van der Waals surface area contributed by atoms with Gasteiger partial charge in [-0.15, -0.1) is 0 Å². The smallest absolute Gasteiger partial charge is 0.312 e. The number of H-pyrrole nitrogens is 1. The van der Waals surface area contributed by atoms with E-state index in [4.69, 9.17) is 14.2 Å². The number of hydrogen-bond donors (Lipinski definition) is 4. The minimum absolute atomic E-state index is 0.0171. The normalized spacial score (nSPS) is 21.2. The predicted octanol–water partition coefficient (Wildman–Crippen LogP) is 9.11. The second-order valence-electron chi connectivity index (χ2n) is 21.9. The van der Waals surface area contributed by atoms with Gasteiger partial charge in [0.2, 0.25) is 11.7 Å². The highest BCUT2D eigenvalue weighted by Gasteiger charge is 2.50. The van der Waals surface area contributed by atoms with E-state index in [0.717, 1.165) is 94.7 Å². The molecule has 0 unspecified atom stereocenters. The highest BCUT2D eigenvalue weighted by Crippen LogP contribution is 2.53. The minimum atomic E-state index is -4.75. The number of amides is 1. The van der Waals surface area contributed by atoms with Crippen molar-refractivity contribution in [2.24, 2.45) is 11.3 Å². The van der Waals surface area contributed by atoms with E-state index in [9.17, 15) is 32.8 Å². The van der Waals surface area contributed by atoms with Gasteiger partial charge in [0.25, 0.3) is 21.8 Å². The number of nitrogens with zero attached hydrogens (tertiary/aromatic N) is 7. The number of aromatic amines is 1. The van der Waals surface area contributed by atoms with Crippen molar-refractivity contribution in [3.63, 3.8) is 0 Å². The molecule has 2 aliphatic heterocycles. The van der Waals surface area contributed by atoms with Gasteiger partial charge in [0.05, 0.1) is 41.9 Å². The molecule has 4 aromatic heterocycles. The third-order valence-corrected chi connectivity index (χ3v) is 17.7. The van der Waals surface area contributed by atoms with Crippen LogP contribution in [0.25, 0.3) is 11.0 Å². The number of carbonyl (C=O) groups excluding carboxylic acids is 1. The zero-order valence-corrected chi connectivity index (χ0v) is 44.9. The molecule has 0 bridgehead atoms. The van der Waals surface area contributed by atoms with Crippen molar-refractivity contribution in [1.82, 2.24) is 34.5 Å². The number of benzene rings is 2. The molecule has 4 aliphatic rings. The summed E-state index contributed by atoms with van der Waals surface area (Å²) in [5, 5.41) is 25.7. The third-order valence-electron chi connectivity index (χ3n) is 16.4. The van der Waals surface area contributed by atoms with E-state index in [2.05, 4.69) is 88.9 Å². The van der Waals surface area contributed by atoms with Crippen molar-refractivity contribution in [1.29, 1.82) is 0 Å². The Labute approximate surface area is 447 Å². The number of ether oxygens (including phenoxy) is 3. The molecule has 6 heterocycles. The average Bonchev–Trinajstić information content (AvgIpc) is 3.82. The molecule has 2 saturated carbocycles. The van der Waals surface area contributed by atoms with Crippen LogP contribution in [0.15, 0.2) is 90.2 Å². The predicted molar refractivity (Wildman–Crippen MR) is 289 cm³/mol. The van der Waals surface area contributed by atoms with Gasteiger partial charge in [0, 0.05) is 100 Å². The van der Waals surface area contributed by atoms with Gasteiger partial charge < -0.3 is 34.5 Å². The van der Waals surface area contributed by atoms with Crippen LogP contribution in [0.3, 0.4) is 0 Å². The highest BCUT2D eigenvalue weighted by atomic mass is 32.2. The molecule has 2 aliphatic carbocycles. The fourth-order valence-electron chi connectivity index (χ4n) is 11.9. The molecule has 19 nitrogen and oxygen atoms in total. The van der Waals surface area contributed by atoms with Gasteiger partial charge in [-0.05, 0) is 104 Å². The van der Waals surface area contributed by atoms with Crippen LogP contribution in [0.2, 0.25) is 0 Å². The molecule has 1 spiro atoms. The van der Waals surface area contributed by atoms with Gasteiger partial charge in [-0.3, -0.25) is 24.7 Å². The molecule has 2 aromatic carbocycles. The number of aliphatic hydroxyl groups is 1. The van der Waals surface area contributed by atoms with Gasteiger partial charge in [-0.2, -0.15) is 4.98 Å². The summed E-state index contributed by atoms with van der Waals surface area (Å²) in [6.07, 6.45) is 10.7. The summed E-state index contributed by atoms with van der Waals surface area (Å²) in [7, 11) is -1.75. The number of piperazine rings is 1. The maximum absolute atomic E-state index is 14.9. The lowest BCUT2D eigenvalue weighted by molar-refractivity contribution is -0.384. The van der Waals surface area contributed by atoms with Crippen molar-refractivity contribution in [3.8, 4) is 23.3 Å². The summed E-state index contributed by atoms with van der Waals surface area (Å²) < 4.78 is 62.0. The van der Waals surface area contributed by atoms with Crippen LogP contribution in [0.1, 0.15) is 111 Å². The van der Waals surface area contributed by atoms with E-state index in [-0.39, 0.29) is 57.2 Å². The van der Waals surface area contributed by atoms with Gasteiger partial charge in [0.15, 0.2) is 5.75 Å². The number of pyridine rings is 3. The van der Waals surface area contributed by atoms with Crippen LogP contribution in [0.5, 0.6) is 23.3 Å². The van der Waals surface area contributed by atoms with Gasteiger partial charge >= 0.3 is 5.69 Å². The number of nitrogens with one attached hydrogen (secondary N) is 3. The number of fused-ring (bicyclic) bond motifs is 1. The number of halogens is 1. The number of rotatable bonds is 17. The van der Waals surface area contributed by atoms with E-state index in [1.165, 1.54) is 30.4 Å². The van der Waals surface area contributed by atoms with E-state index in [0.29, 0.717) is 50.1 Å². The lowest BCUT2D eigenvalue weighted by Gasteiger charge is -2.58. The Hall–Kier alpha value is -6.94. The van der Waals surface area contributed by atoms with Gasteiger partial charge in [-0.25, -0.2) is 27.5 Å². The summed E-state index contributed by atoms with van der Waals surface area (Å²) in [4.78, 5) is 48.3. The molecule has 1 amide bonds. The zero-order chi connectivity index (χ0) is 54.2. The summed E-state index contributed by atoms with van der Waals surface area (Å²) in [5.41, 5.74) is 3.49. The summed E-state index contributed by atoms with van der Waals surface area (Å²) in [5.74, 6) is -0.785. The Morgan fingerprint density at radius 2 is 1.73 bits per heavy atom. The fraction of sp³-hybridized carbons (Fsp3) is 0.464. The Morgan fingerprint density at radius 1 is 0.961 bits per heavy atom. The molecule has 2 saturated heterocycles. The van der Waals surface area contributed by atoms with Crippen LogP contribution in [-0.2, 0) is 16.6 Å². The van der Waals surface area contributed by atoms with Crippen molar-refractivity contribution in [2.45, 2.75) is 107 Å². The summed E-state index contributed by atoms with van der Waals surface area (Å²) >= 11 is 0. The Balaban J connectivity index is 0.856. The average molecular weight is 1080 g/mol. The van der Waals surface area contributed by atoms with Crippen LogP contribution in [-0.4, -0.2) is 119 Å². The topological polar surface area (TPSA) is 231 Å².